The molecule has 1 unspecified atom stereocenters. The Labute approximate surface area is 161 Å². The van der Waals surface area contributed by atoms with Crippen molar-refractivity contribution in [1.29, 1.82) is 0 Å². The highest BCUT2D eigenvalue weighted by atomic mass is 16.5. The molecular weight excluding hydrogens is 364 g/mol. The number of imide groups is 1. The largest absolute Gasteiger partial charge is 0.467 e. The second-order valence-corrected chi connectivity index (χ2v) is 6.37. The first-order valence-corrected chi connectivity index (χ1v) is 8.93. The third kappa shape index (κ3) is 3.80. The van der Waals surface area contributed by atoms with E-state index in [-0.39, 0.29) is 23.2 Å². The molecule has 0 aliphatic carbocycles. The van der Waals surface area contributed by atoms with Gasteiger partial charge in [-0.1, -0.05) is 6.92 Å². The first-order chi connectivity index (χ1) is 13.4. The van der Waals surface area contributed by atoms with Gasteiger partial charge in [-0.15, -0.1) is 0 Å². The Morgan fingerprint density at radius 1 is 1.18 bits per heavy atom. The van der Waals surface area contributed by atoms with Gasteiger partial charge in [-0.3, -0.25) is 19.3 Å². The van der Waals surface area contributed by atoms with Crippen LogP contribution in [-0.4, -0.2) is 41.2 Å². The molecule has 0 bridgehead atoms. The summed E-state index contributed by atoms with van der Waals surface area (Å²) in [4.78, 5) is 50.3. The number of carbonyl (C=O) groups is 4. The molecular formula is C20H20N2O6. The summed E-state index contributed by atoms with van der Waals surface area (Å²) in [5.74, 6) is -1.64. The molecule has 1 aliphatic heterocycles. The fourth-order valence-electron chi connectivity index (χ4n) is 2.79. The van der Waals surface area contributed by atoms with Gasteiger partial charge in [0.15, 0.2) is 6.10 Å². The molecule has 146 valence electrons. The summed E-state index contributed by atoms with van der Waals surface area (Å²) in [6.45, 7) is 3.88. The number of hydrogen-bond acceptors (Lipinski definition) is 6. The van der Waals surface area contributed by atoms with E-state index >= 15 is 0 Å². The lowest BCUT2D eigenvalue weighted by atomic mass is 10.1. The molecule has 3 rings (SSSR count). The van der Waals surface area contributed by atoms with Crippen molar-refractivity contribution in [2.75, 3.05) is 6.54 Å². The molecule has 8 nitrogen and oxygen atoms in total. The molecule has 1 aromatic heterocycles. The van der Waals surface area contributed by atoms with Gasteiger partial charge in [-0.2, -0.15) is 0 Å². The molecule has 8 heteroatoms. The lowest BCUT2D eigenvalue weighted by Gasteiger charge is -2.13. The molecule has 3 amide bonds. The van der Waals surface area contributed by atoms with Crippen LogP contribution in [0.5, 0.6) is 0 Å². The standard InChI is InChI=1S/C20H20N2O6/c1-3-8-21-17(23)12(2)28-20(26)13-6-7-15-16(10-13)19(25)22(18(15)24)11-14-5-4-9-27-14/h4-7,9-10,12H,3,8,11H2,1-2H3,(H,21,23). The zero-order valence-corrected chi connectivity index (χ0v) is 15.6. The molecule has 1 aromatic carbocycles. The van der Waals surface area contributed by atoms with Crippen molar-refractivity contribution in [2.24, 2.45) is 0 Å². The fraction of sp³-hybridized carbons (Fsp3) is 0.300. The van der Waals surface area contributed by atoms with Crippen molar-refractivity contribution >= 4 is 23.7 Å². The molecule has 0 fully saturated rings. The first-order valence-electron chi connectivity index (χ1n) is 8.93. The van der Waals surface area contributed by atoms with E-state index in [0.29, 0.717) is 12.3 Å². The van der Waals surface area contributed by atoms with E-state index in [9.17, 15) is 19.2 Å². The molecule has 0 spiro atoms. The first kappa shape index (κ1) is 19.3. The van der Waals surface area contributed by atoms with Crippen LogP contribution >= 0.6 is 0 Å². The summed E-state index contributed by atoms with van der Waals surface area (Å²) in [5, 5.41) is 2.64. The van der Waals surface area contributed by atoms with Crippen LogP contribution in [0.1, 0.15) is 57.1 Å². The Bertz CT molecular complexity index is 919. The Balaban J connectivity index is 1.73. The SMILES string of the molecule is CCCNC(=O)C(C)OC(=O)c1ccc2c(c1)C(=O)N(Cc1ccco1)C2=O. The van der Waals surface area contributed by atoms with Gasteiger partial charge in [0.1, 0.15) is 5.76 Å². The van der Waals surface area contributed by atoms with Crippen LogP contribution in [-0.2, 0) is 16.1 Å². The van der Waals surface area contributed by atoms with Gasteiger partial charge in [-0.25, -0.2) is 4.79 Å². The Kier molecular flexibility index (Phi) is 5.58. The number of fused-ring (bicyclic) bond motifs is 1. The van der Waals surface area contributed by atoms with Gasteiger partial charge >= 0.3 is 5.97 Å². The van der Waals surface area contributed by atoms with Crippen molar-refractivity contribution < 1.29 is 28.3 Å². The van der Waals surface area contributed by atoms with Crippen LogP contribution in [0.2, 0.25) is 0 Å². The molecule has 1 atom stereocenters. The maximum absolute atomic E-state index is 12.6. The minimum atomic E-state index is -0.972. The van der Waals surface area contributed by atoms with E-state index in [1.54, 1.807) is 12.1 Å². The number of nitrogens with one attached hydrogen (secondary N) is 1. The number of rotatable bonds is 7. The smallest absolute Gasteiger partial charge is 0.338 e. The predicted octanol–water partition coefficient (Wildman–Crippen LogP) is 2.15. The van der Waals surface area contributed by atoms with E-state index in [0.717, 1.165) is 11.3 Å². The molecule has 0 saturated carbocycles. The molecule has 2 heterocycles. The Hall–Kier alpha value is -3.42. The van der Waals surface area contributed by atoms with E-state index < -0.39 is 29.8 Å². The highest BCUT2D eigenvalue weighted by Gasteiger charge is 2.36. The number of amides is 3. The van der Waals surface area contributed by atoms with Crippen molar-refractivity contribution in [3.05, 3.63) is 59.0 Å². The summed E-state index contributed by atoms with van der Waals surface area (Å²) >= 11 is 0. The topological polar surface area (TPSA) is 106 Å². The van der Waals surface area contributed by atoms with E-state index in [4.69, 9.17) is 9.15 Å². The summed E-state index contributed by atoms with van der Waals surface area (Å²) in [6, 6.07) is 7.46. The molecule has 2 aromatic rings. The summed E-state index contributed by atoms with van der Waals surface area (Å²) < 4.78 is 10.3. The minimum Gasteiger partial charge on any atom is -0.467 e. The van der Waals surface area contributed by atoms with E-state index in [1.165, 1.54) is 31.4 Å². The average molecular weight is 384 g/mol. The highest BCUT2D eigenvalue weighted by Crippen LogP contribution is 2.26. The van der Waals surface area contributed by atoms with Gasteiger partial charge < -0.3 is 14.5 Å². The van der Waals surface area contributed by atoms with Crippen molar-refractivity contribution in [3.8, 4) is 0 Å². The van der Waals surface area contributed by atoms with Crippen LogP contribution in [0.3, 0.4) is 0 Å². The molecule has 28 heavy (non-hydrogen) atoms. The lowest BCUT2D eigenvalue weighted by Crippen LogP contribution is -2.36. The monoisotopic (exact) mass is 384 g/mol. The number of nitrogens with zero attached hydrogens (tertiary/aromatic N) is 1. The van der Waals surface area contributed by atoms with Crippen LogP contribution in [0.15, 0.2) is 41.0 Å². The minimum absolute atomic E-state index is 0.00770. The fourth-order valence-corrected chi connectivity index (χ4v) is 2.79. The van der Waals surface area contributed by atoms with Gasteiger partial charge in [0, 0.05) is 6.54 Å². The maximum atomic E-state index is 12.6. The third-order valence-corrected chi connectivity index (χ3v) is 4.30. The zero-order valence-electron chi connectivity index (χ0n) is 15.6. The Morgan fingerprint density at radius 2 is 1.93 bits per heavy atom. The predicted molar refractivity (Wildman–Crippen MR) is 97.5 cm³/mol. The van der Waals surface area contributed by atoms with Gasteiger partial charge in [-0.05, 0) is 43.7 Å². The van der Waals surface area contributed by atoms with Crippen LogP contribution in [0, 0.1) is 0 Å². The second kappa shape index (κ2) is 8.08. The normalized spacial score (nSPS) is 14.0. The van der Waals surface area contributed by atoms with Gasteiger partial charge in [0.2, 0.25) is 0 Å². The van der Waals surface area contributed by atoms with Crippen molar-refractivity contribution in [3.63, 3.8) is 0 Å². The number of furan rings is 1. The number of carbonyl (C=O) groups excluding carboxylic acids is 4. The summed E-state index contributed by atoms with van der Waals surface area (Å²) in [6.07, 6.45) is 1.25. The number of benzene rings is 1. The summed E-state index contributed by atoms with van der Waals surface area (Å²) in [5.41, 5.74) is 0.422. The van der Waals surface area contributed by atoms with Crippen LogP contribution < -0.4 is 5.32 Å². The van der Waals surface area contributed by atoms with E-state index in [1.807, 2.05) is 6.92 Å². The number of ether oxygens (including phenoxy) is 1. The molecule has 1 N–H and O–H groups in total. The molecule has 1 aliphatic rings. The molecule has 0 saturated heterocycles. The number of hydrogen-bond donors (Lipinski definition) is 1. The van der Waals surface area contributed by atoms with Crippen LogP contribution in [0.4, 0.5) is 0 Å². The van der Waals surface area contributed by atoms with E-state index in [2.05, 4.69) is 5.32 Å². The van der Waals surface area contributed by atoms with Crippen molar-refractivity contribution in [2.45, 2.75) is 32.9 Å². The quantitative estimate of drug-likeness (QED) is 0.579. The maximum Gasteiger partial charge on any atom is 0.338 e. The zero-order chi connectivity index (χ0) is 20.3. The van der Waals surface area contributed by atoms with Gasteiger partial charge in [0.25, 0.3) is 17.7 Å². The van der Waals surface area contributed by atoms with Crippen molar-refractivity contribution in [1.82, 2.24) is 10.2 Å². The highest BCUT2D eigenvalue weighted by molar-refractivity contribution is 6.21. The second-order valence-electron chi connectivity index (χ2n) is 6.37. The lowest BCUT2D eigenvalue weighted by molar-refractivity contribution is -0.129. The Morgan fingerprint density at radius 3 is 2.61 bits per heavy atom. The summed E-state index contributed by atoms with van der Waals surface area (Å²) in [7, 11) is 0. The third-order valence-electron chi connectivity index (χ3n) is 4.30. The average Bonchev–Trinajstić information content (AvgIpc) is 3.28. The number of esters is 1. The molecule has 0 radical (unpaired) electrons. The van der Waals surface area contributed by atoms with Crippen LogP contribution in [0.25, 0.3) is 0 Å². The van der Waals surface area contributed by atoms with Gasteiger partial charge in [0.05, 0.1) is 29.5 Å².